The van der Waals surface area contributed by atoms with Gasteiger partial charge in [0.15, 0.2) is 0 Å². The number of benzene rings is 14. The molecule has 2 heterocycles. The lowest BCUT2D eigenvalue weighted by molar-refractivity contribution is -0.385. The maximum absolute atomic E-state index is 13.7. The van der Waals surface area contributed by atoms with E-state index in [1.165, 1.54) is 141 Å². The third-order valence-corrected chi connectivity index (χ3v) is 30.7. The van der Waals surface area contributed by atoms with Crippen molar-refractivity contribution in [3.8, 4) is 23.0 Å². The van der Waals surface area contributed by atoms with Crippen molar-refractivity contribution in [1.29, 1.82) is 0 Å². The minimum absolute atomic E-state index is 0.0237. The lowest BCUT2D eigenvalue weighted by Crippen LogP contribution is -2.37. The smallest absolute Gasteiger partial charge is 0.269 e. The summed E-state index contributed by atoms with van der Waals surface area (Å²) in [6, 6.07) is 80.5. The molecule has 145 heavy (non-hydrogen) atoms. The Morgan fingerprint density at radius 3 is 0.924 bits per heavy atom. The summed E-state index contributed by atoms with van der Waals surface area (Å²) in [7, 11) is -11.5. The van der Waals surface area contributed by atoms with E-state index < -0.39 is 92.1 Å². The van der Waals surface area contributed by atoms with E-state index >= 15 is 0 Å². The number of amides is 4. The predicted octanol–water partition coefficient (Wildman–Crippen LogP) is 20.1. The Morgan fingerprint density at radius 2 is 0.593 bits per heavy atom. The Morgan fingerprint density at radius 1 is 0.310 bits per heavy atom. The van der Waals surface area contributed by atoms with Crippen LogP contribution < -0.4 is 59.5 Å². The molecule has 746 valence electrons. The van der Waals surface area contributed by atoms with Crippen LogP contribution in [0.2, 0.25) is 0 Å². The number of nitrogens with zero attached hydrogens (tertiary/aromatic N) is 6. The molecule has 0 spiro atoms. The number of anilines is 8. The third kappa shape index (κ3) is 26.4. The fraction of sp³-hybridized carbons (Fsp3) is 0.137. The highest BCUT2D eigenvalue weighted by atomic mass is 32.2. The molecule has 14 aromatic rings. The normalized spacial score (nSPS) is 12.3. The average Bonchev–Trinajstić information content (AvgIpc) is 0.741. The highest BCUT2D eigenvalue weighted by Gasteiger charge is 2.35. The number of rotatable bonds is 32. The van der Waals surface area contributed by atoms with Gasteiger partial charge < -0.3 is 54.8 Å². The lowest BCUT2D eigenvalue weighted by atomic mass is 10.1. The highest BCUT2D eigenvalue weighted by Crippen LogP contribution is 2.43. The number of methoxy groups -OCH3 is 4. The molecule has 37 nitrogen and oxygen atoms in total. The SMILES string of the molecule is COc1ccccc1NC(=O)c1c(NS(=O)(=O)c2ccc(C)cc2)cccc1S(=O)(=O)c1ccc([N+](=O)[O-])cc1.COc1ccccc1NC(=O)c1c(NS(=O)(=O)c2ccccc2)cccc1S(=O)(=O)c1ccc([N+](=O)[O-])cc1.COc1ccccc1NC(=O)c1c(Sc2ccc([N+](=O)[O-])cc2)cccc1N1CCCCC1.COc1ccccc1NC(=O)c1c(Sc2ccc([N+](=O)[O-])cc2)cccc1N1CCOCC1. The molecule has 16 rings (SSSR count). The second-order valence-electron chi connectivity index (χ2n) is 31.5. The van der Waals surface area contributed by atoms with E-state index in [1.54, 1.807) is 118 Å². The van der Waals surface area contributed by atoms with Crippen LogP contribution in [0, 0.1) is 47.4 Å². The van der Waals surface area contributed by atoms with Crippen LogP contribution in [0.4, 0.5) is 68.2 Å². The Hall–Kier alpha value is -16.6. The van der Waals surface area contributed by atoms with Crippen LogP contribution in [-0.4, -0.2) is 145 Å². The van der Waals surface area contributed by atoms with E-state index in [9.17, 15) is 93.3 Å². The maximum Gasteiger partial charge on any atom is 0.269 e. The van der Waals surface area contributed by atoms with E-state index in [4.69, 9.17) is 23.7 Å². The van der Waals surface area contributed by atoms with Crippen molar-refractivity contribution < 1.29 is 96.2 Å². The van der Waals surface area contributed by atoms with Gasteiger partial charge in [-0.15, -0.1) is 0 Å². The number of carbonyl (C=O) groups excluding carboxylic acids is 4. The number of hydrogen-bond donors (Lipinski definition) is 6. The van der Waals surface area contributed by atoms with Gasteiger partial charge in [-0.1, -0.05) is 132 Å². The summed E-state index contributed by atoms with van der Waals surface area (Å²) in [5, 5.41) is 55.2. The summed E-state index contributed by atoms with van der Waals surface area (Å²) in [5.41, 5.74) is 3.12. The number of nitro benzene ring substituents is 4. The number of hydrogen-bond acceptors (Lipinski definition) is 29. The Balaban J connectivity index is 0.000000162. The summed E-state index contributed by atoms with van der Waals surface area (Å²) in [6.07, 6.45) is 3.37. The average molecular weight is 2080 g/mol. The maximum atomic E-state index is 13.7. The number of sulfonamides is 2. The molecule has 0 saturated carbocycles. The topological polar surface area (TPSA) is 502 Å². The van der Waals surface area contributed by atoms with Crippen molar-refractivity contribution in [2.24, 2.45) is 0 Å². The van der Waals surface area contributed by atoms with E-state index in [0.29, 0.717) is 60.3 Å². The molecule has 0 aliphatic carbocycles. The number of morpholine rings is 1. The Labute approximate surface area is 841 Å². The first-order valence-electron chi connectivity index (χ1n) is 44.0. The standard InChI is InChI=1S/C27H23N3O8S2.C26H21N3O8S2.C25H25N3O4S.C24H23N3O5S/c1-18-10-14-21(15-11-18)40(36,37)29-23-7-5-9-25(39(34,35)20-16-12-19(13-17-20)30(32)33)26(23)27(31)28-22-6-3-4-8-24(22)38-2;1-37-23-12-6-5-10-21(23)27-26(30)25-22(28-39(35,36)20-8-3-2-4-9-20)11-7-13-24(25)38(33,34)19-16-14-18(15-17-19)29(31)32;1-32-22-10-4-3-8-20(22)26-25(29)24-21(27-16-5-2-6-17-27)9-7-11-23(24)33-19-14-12-18(13-15-19)28(30)31;1-31-21-7-3-2-5-19(21)25-24(28)23-20(26-13-15-32-16-14-26)6-4-8-22(23)33-18-11-9-17(10-12-18)27(29)30/h3-17,29H,1-2H3,(H,28,31);2-17,28H,1H3,(H,27,30);3-4,7-15H,2,5-6,16-17H2,1H3,(H,26,29);2-12H,13-16H2,1H3,(H,25,28). The Bertz CT molecular complexity index is 7450. The molecule has 2 fully saturated rings. The number of para-hydroxylation sites is 8. The first-order chi connectivity index (χ1) is 69.6. The molecule has 2 aliphatic rings. The second kappa shape index (κ2) is 48.3. The monoisotopic (exact) mass is 2080 g/mol. The van der Waals surface area contributed by atoms with Crippen LogP contribution >= 0.6 is 23.5 Å². The molecule has 2 saturated heterocycles. The van der Waals surface area contributed by atoms with Crippen molar-refractivity contribution >= 4 is 155 Å². The van der Waals surface area contributed by atoms with Gasteiger partial charge in [0.2, 0.25) is 19.7 Å². The number of nitrogens with one attached hydrogen (secondary N) is 6. The van der Waals surface area contributed by atoms with Crippen LogP contribution in [0.3, 0.4) is 0 Å². The van der Waals surface area contributed by atoms with Gasteiger partial charge in [-0.05, 0) is 196 Å². The van der Waals surface area contributed by atoms with Crippen LogP contribution in [-0.2, 0) is 44.5 Å². The zero-order chi connectivity index (χ0) is 104. The largest absolute Gasteiger partial charge is 0.495 e. The van der Waals surface area contributed by atoms with E-state index in [0.717, 1.165) is 123 Å². The minimum atomic E-state index is -4.46. The molecule has 14 aromatic carbocycles. The summed E-state index contributed by atoms with van der Waals surface area (Å²) in [4.78, 5) is 102. The number of sulfone groups is 2. The number of nitro groups is 4. The minimum Gasteiger partial charge on any atom is -0.495 e. The zero-order valence-corrected chi connectivity index (χ0v) is 82.7. The van der Waals surface area contributed by atoms with Crippen molar-refractivity contribution in [2.45, 2.75) is 75.1 Å². The molecule has 0 radical (unpaired) electrons. The Kier molecular flexibility index (Phi) is 35.2. The van der Waals surface area contributed by atoms with Gasteiger partial charge in [-0.2, -0.15) is 0 Å². The predicted molar refractivity (Wildman–Crippen MR) is 549 cm³/mol. The molecule has 4 amide bonds. The third-order valence-electron chi connectivity index (χ3n) is 22.2. The van der Waals surface area contributed by atoms with Gasteiger partial charge in [0.05, 0.1) is 158 Å². The number of aryl methyl sites for hydroxylation is 1. The molecule has 2 aliphatic heterocycles. The summed E-state index contributed by atoms with van der Waals surface area (Å²) >= 11 is 2.81. The van der Waals surface area contributed by atoms with Crippen LogP contribution in [0.25, 0.3) is 0 Å². The number of ether oxygens (including phenoxy) is 5. The summed E-state index contributed by atoms with van der Waals surface area (Å²) < 4.78 is 139. The van der Waals surface area contributed by atoms with Gasteiger partial charge in [0.25, 0.3) is 66.4 Å². The second-order valence-corrected chi connectivity index (χ2v) is 40.9. The molecule has 0 bridgehead atoms. The van der Waals surface area contributed by atoms with Crippen LogP contribution in [0.1, 0.15) is 66.3 Å². The van der Waals surface area contributed by atoms with E-state index in [-0.39, 0.29) is 88.4 Å². The molecule has 0 atom stereocenters. The number of piperidine rings is 1. The summed E-state index contributed by atoms with van der Waals surface area (Å²) in [5.74, 6) is -0.624. The van der Waals surface area contributed by atoms with Crippen LogP contribution in [0.5, 0.6) is 23.0 Å². The quantitative estimate of drug-likeness (QED) is 0.0168. The first kappa shape index (κ1) is 106. The molecule has 43 heteroatoms. The lowest BCUT2D eigenvalue weighted by Gasteiger charge is -2.31. The van der Waals surface area contributed by atoms with Crippen molar-refractivity contribution in [3.63, 3.8) is 0 Å². The number of carbonyl (C=O) groups is 4. The highest BCUT2D eigenvalue weighted by molar-refractivity contribution is 7.99. The van der Waals surface area contributed by atoms with Gasteiger partial charge in [0, 0.05) is 94.3 Å². The molecule has 6 N–H and O–H groups in total. The van der Waals surface area contributed by atoms with E-state index in [2.05, 4.69) is 40.5 Å². The zero-order valence-electron chi connectivity index (χ0n) is 77.8. The van der Waals surface area contributed by atoms with Crippen molar-refractivity contribution in [2.75, 3.05) is 108 Å². The van der Waals surface area contributed by atoms with Gasteiger partial charge in [-0.3, -0.25) is 69.1 Å². The van der Waals surface area contributed by atoms with Crippen LogP contribution in [0.15, 0.2) is 370 Å². The molecular formula is C102H92N12O25S6. The fourth-order valence-corrected chi connectivity index (χ4v) is 22.1. The van der Waals surface area contributed by atoms with Gasteiger partial charge in [-0.25, -0.2) is 33.7 Å². The number of non-ortho nitro benzene ring substituents is 4. The van der Waals surface area contributed by atoms with Gasteiger partial charge >= 0.3 is 0 Å². The van der Waals surface area contributed by atoms with Crippen molar-refractivity contribution in [3.05, 3.63) is 390 Å². The van der Waals surface area contributed by atoms with E-state index in [1.807, 2.05) is 66.7 Å². The van der Waals surface area contributed by atoms with Crippen molar-refractivity contribution in [1.82, 2.24) is 0 Å². The molecule has 0 aromatic heterocycles. The first-order valence-corrected chi connectivity index (χ1v) is 51.6. The molecular weight excluding hydrogens is 1990 g/mol. The molecule has 0 unspecified atom stereocenters. The van der Waals surface area contributed by atoms with Gasteiger partial charge in [0.1, 0.15) is 23.0 Å². The summed E-state index contributed by atoms with van der Waals surface area (Å²) in [6.45, 7) is 6.14. The fourth-order valence-electron chi connectivity index (χ4n) is 15.0.